The number of thiophene rings is 1. The van der Waals surface area contributed by atoms with E-state index in [0.29, 0.717) is 46.0 Å². The van der Waals surface area contributed by atoms with E-state index in [4.69, 9.17) is 14.2 Å². The number of esters is 1. The Bertz CT molecular complexity index is 1110. The topological polar surface area (TPSA) is 73.9 Å². The van der Waals surface area contributed by atoms with Gasteiger partial charge < -0.3 is 19.5 Å². The molecule has 1 aromatic heterocycles. The summed E-state index contributed by atoms with van der Waals surface area (Å²) in [6.07, 6.45) is -1.04. The number of fused-ring (bicyclic) bond motifs is 2. The van der Waals surface area contributed by atoms with Crippen molar-refractivity contribution in [3.05, 3.63) is 52.7 Å². The van der Waals surface area contributed by atoms with Crippen molar-refractivity contribution in [1.82, 2.24) is 0 Å². The minimum absolute atomic E-state index is 0.282. The number of anilines is 1. The van der Waals surface area contributed by atoms with Crippen molar-refractivity contribution in [2.75, 3.05) is 18.5 Å². The first kappa shape index (κ1) is 19.2. The van der Waals surface area contributed by atoms with Gasteiger partial charge in [-0.25, -0.2) is 9.18 Å². The zero-order valence-electron chi connectivity index (χ0n) is 15.8. The Hall–Kier alpha value is -3.13. The van der Waals surface area contributed by atoms with Gasteiger partial charge in [0.2, 0.25) is 0 Å². The second-order valence-corrected chi connectivity index (χ2v) is 7.62. The third-order valence-corrected chi connectivity index (χ3v) is 5.79. The monoisotopic (exact) mass is 415 g/mol. The molecule has 0 saturated carbocycles. The number of hydrogen-bond acceptors (Lipinski definition) is 6. The minimum Gasteiger partial charge on any atom is -0.486 e. The van der Waals surface area contributed by atoms with Crippen LogP contribution in [-0.2, 0) is 9.53 Å². The summed E-state index contributed by atoms with van der Waals surface area (Å²) in [5.41, 5.74) is 1.01. The lowest BCUT2D eigenvalue weighted by Gasteiger charge is -2.19. The molecule has 0 aliphatic carbocycles. The Kier molecular flexibility index (Phi) is 5.10. The molecule has 0 saturated heterocycles. The molecule has 2 heterocycles. The van der Waals surface area contributed by atoms with Crippen molar-refractivity contribution in [1.29, 1.82) is 0 Å². The number of carbonyl (C=O) groups is 2. The van der Waals surface area contributed by atoms with Crippen LogP contribution in [0, 0.1) is 12.7 Å². The summed E-state index contributed by atoms with van der Waals surface area (Å²) in [5.74, 6) is -0.379. The summed E-state index contributed by atoms with van der Waals surface area (Å²) in [7, 11) is 0. The maximum atomic E-state index is 14.0. The molecule has 1 atom stereocenters. The van der Waals surface area contributed by atoms with Gasteiger partial charge >= 0.3 is 5.97 Å². The van der Waals surface area contributed by atoms with Crippen LogP contribution in [0.1, 0.15) is 22.2 Å². The second kappa shape index (κ2) is 7.71. The summed E-state index contributed by atoms with van der Waals surface area (Å²) >= 11 is 1.14. The van der Waals surface area contributed by atoms with Crippen molar-refractivity contribution in [2.45, 2.75) is 20.0 Å². The number of aryl methyl sites for hydroxylation is 1. The molecule has 1 N–H and O–H groups in total. The summed E-state index contributed by atoms with van der Waals surface area (Å²) in [6.45, 7) is 4.06. The van der Waals surface area contributed by atoms with Crippen LogP contribution in [0.4, 0.5) is 10.1 Å². The van der Waals surface area contributed by atoms with Crippen LogP contribution in [0.25, 0.3) is 10.1 Å². The van der Waals surface area contributed by atoms with Gasteiger partial charge in [-0.15, -0.1) is 11.3 Å². The van der Waals surface area contributed by atoms with Crippen LogP contribution in [0.15, 0.2) is 36.4 Å². The molecule has 1 aliphatic rings. The van der Waals surface area contributed by atoms with Gasteiger partial charge in [0.1, 0.15) is 23.9 Å². The third-order valence-electron chi connectivity index (χ3n) is 4.55. The first-order valence-electron chi connectivity index (χ1n) is 9.03. The van der Waals surface area contributed by atoms with E-state index < -0.39 is 18.0 Å². The molecule has 2 aromatic carbocycles. The Balaban J connectivity index is 1.45. The zero-order valence-corrected chi connectivity index (χ0v) is 16.6. The standard InChI is InChI=1S/C21H18FNO5S/c1-11-18-14(22)4-3-5-17(18)29-19(11)21(25)28-12(2)20(24)23-13-6-7-15-16(10-13)27-9-8-26-15/h3-7,10,12H,8-9H2,1-2H3,(H,23,24)/t12-/m1/s1. The lowest BCUT2D eigenvalue weighted by atomic mass is 10.1. The van der Waals surface area contributed by atoms with E-state index in [-0.39, 0.29) is 10.7 Å². The van der Waals surface area contributed by atoms with E-state index >= 15 is 0 Å². The lowest BCUT2D eigenvalue weighted by Crippen LogP contribution is -2.30. The number of carbonyl (C=O) groups excluding carboxylic acids is 2. The molecule has 1 aliphatic heterocycles. The summed E-state index contributed by atoms with van der Waals surface area (Å²) in [5, 5.41) is 3.09. The maximum absolute atomic E-state index is 14.0. The molecule has 0 spiro atoms. The third kappa shape index (κ3) is 3.75. The van der Waals surface area contributed by atoms with Gasteiger partial charge in [-0.05, 0) is 43.7 Å². The summed E-state index contributed by atoms with van der Waals surface area (Å²) < 4.78 is 31.0. The van der Waals surface area contributed by atoms with Gasteiger partial charge in [0.15, 0.2) is 17.6 Å². The fourth-order valence-corrected chi connectivity index (χ4v) is 4.19. The Morgan fingerprint density at radius 1 is 1.17 bits per heavy atom. The highest BCUT2D eigenvalue weighted by Crippen LogP contribution is 2.34. The number of hydrogen-bond donors (Lipinski definition) is 1. The number of nitrogens with one attached hydrogen (secondary N) is 1. The molecule has 0 radical (unpaired) electrons. The van der Waals surface area contributed by atoms with E-state index in [1.165, 1.54) is 13.0 Å². The van der Waals surface area contributed by atoms with Crippen LogP contribution >= 0.6 is 11.3 Å². The van der Waals surface area contributed by atoms with Gasteiger partial charge in [0.05, 0.1) is 0 Å². The van der Waals surface area contributed by atoms with Crippen molar-refractivity contribution in [3.8, 4) is 11.5 Å². The Labute approximate surface area is 170 Å². The highest BCUT2D eigenvalue weighted by atomic mass is 32.1. The second-order valence-electron chi connectivity index (χ2n) is 6.56. The van der Waals surface area contributed by atoms with Crippen molar-refractivity contribution in [2.24, 2.45) is 0 Å². The molecule has 4 rings (SSSR count). The molecular weight excluding hydrogens is 397 g/mol. The highest BCUT2D eigenvalue weighted by Gasteiger charge is 2.24. The van der Waals surface area contributed by atoms with Gasteiger partial charge in [0.25, 0.3) is 5.91 Å². The molecule has 0 fully saturated rings. The number of amides is 1. The van der Waals surface area contributed by atoms with Crippen molar-refractivity contribution in [3.63, 3.8) is 0 Å². The molecule has 8 heteroatoms. The van der Waals surface area contributed by atoms with Crippen LogP contribution in [0.5, 0.6) is 11.5 Å². The molecule has 1 amide bonds. The van der Waals surface area contributed by atoms with Gasteiger partial charge in [0, 0.05) is 21.8 Å². The lowest BCUT2D eigenvalue weighted by molar-refractivity contribution is -0.123. The maximum Gasteiger partial charge on any atom is 0.349 e. The van der Waals surface area contributed by atoms with Crippen LogP contribution in [0.2, 0.25) is 0 Å². The van der Waals surface area contributed by atoms with Crippen LogP contribution < -0.4 is 14.8 Å². The number of rotatable bonds is 4. The molecule has 150 valence electrons. The highest BCUT2D eigenvalue weighted by molar-refractivity contribution is 7.21. The Morgan fingerprint density at radius 2 is 1.93 bits per heavy atom. The average molecular weight is 415 g/mol. The smallest absolute Gasteiger partial charge is 0.349 e. The summed E-state index contributed by atoms with van der Waals surface area (Å²) in [6, 6.07) is 9.71. The first-order chi connectivity index (χ1) is 13.9. The van der Waals surface area contributed by atoms with E-state index in [1.807, 2.05) is 0 Å². The molecule has 6 nitrogen and oxygen atoms in total. The van der Waals surface area contributed by atoms with Gasteiger partial charge in [-0.3, -0.25) is 4.79 Å². The minimum atomic E-state index is -1.04. The molecule has 29 heavy (non-hydrogen) atoms. The number of halogens is 1. The Morgan fingerprint density at radius 3 is 2.69 bits per heavy atom. The van der Waals surface area contributed by atoms with E-state index in [0.717, 1.165) is 11.3 Å². The molecular formula is C21H18FNO5S. The van der Waals surface area contributed by atoms with Crippen LogP contribution in [-0.4, -0.2) is 31.2 Å². The van der Waals surface area contributed by atoms with E-state index in [1.54, 1.807) is 37.3 Å². The van der Waals surface area contributed by atoms with Gasteiger partial charge in [-0.2, -0.15) is 0 Å². The first-order valence-corrected chi connectivity index (χ1v) is 9.85. The molecule has 0 unspecified atom stereocenters. The van der Waals surface area contributed by atoms with Crippen molar-refractivity contribution >= 4 is 39.0 Å². The quantitative estimate of drug-likeness (QED) is 0.643. The SMILES string of the molecule is Cc1c(C(=O)O[C@H](C)C(=O)Nc2ccc3c(c2)OCCO3)sc2cccc(F)c12. The van der Waals surface area contributed by atoms with E-state index in [9.17, 15) is 14.0 Å². The fourth-order valence-electron chi connectivity index (χ4n) is 3.08. The van der Waals surface area contributed by atoms with Gasteiger partial charge in [-0.1, -0.05) is 6.07 Å². The predicted molar refractivity (Wildman–Crippen MR) is 107 cm³/mol. The average Bonchev–Trinajstić information content (AvgIpc) is 3.05. The van der Waals surface area contributed by atoms with E-state index in [2.05, 4.69) is 5.32 Å². The molecule has 0 bridgehead atoms. The number of ether oxygens (including phenoxy) is 3. The largest absolute Gasteiger partial charge is 0.486 e. The molecule has 3 aromatic rings. The normalized spacial score (nSPS) is 13.8. The number of benzene rings is 2. The zero-order chi connectivity index (χ0) is 20.5. The summed E-state index contributed by atoms with van der Waals surface area (Å²) in [4.78, 5) is 25.3. The predicted octanol–water partition coefficient (Wildman–Crippen LogP) is 4.30. The van der Waals surface area contributed by atoms with Crippen molar-refractivity contribution < 1.29 is 28.2 Å². The van der Waals surface area contributed by atoms with Crippen LogP contribution in [0.3, 0.4) is 0 Å². The fraction of sp³-hybridized carbons (Fsp3) is 0.238.